The topological polar surface area (TPSA) is 97.2 Å². The smallest absolute Gasteiger partial charge is 0.255 e. The molecule has 0 aliphatic carbocycles. The van der Waals surface area contributed by atoms with Crippen molar-refractivity contribution in [3.05, 3.63) is 66.5 Å². The maximum Gasteiger partial charge on any atom is 0.255 e. The molecule has 0 radical (unpaired) electrons. The summed E-state index contributed by atoms with van der Waals surface area (Å²) >= 11 is 0. The molecule has 29 heavy (non-hydrogen) atoms. The minimum atomic E-state index is -3.73. The van der Waals surface area contributed by atoms with Crippen molar-refractivity contribution < 1.29 is 17.6 Å². The van der Waals surface area contributed by atoms with Gasteiger partial charge in [-0.05, 0) is 50.2 Å². The van der Waals surface area contributed by atoms with Crippen LogP contribution in [0, 0.1) is 5.82 Å². The summed E-state index contributed by atoms with van der Waals surface area (Å²) in [7, 11) is -2.25. The normalized spacial score (nSPS) is 11.8. The Morgan fingerprint density at radius 3 is 2.59 bits per heavy atom. The van der Waals surface area contributed by atoms with Gasteiger partial charge in [-0.3, -0.25) is 4.79 Å². The molecule has 1 aromatic heterocycles. The zero-order chi connectivity index (χ0) is 21.2. The van der Waals surface area contributed by atoms with Crippen LogP contribution in [0.2, 0.25) is 0 Å². The fourth-order valence-electron chi connectivity index (χ4n) is 2.55. The number of carbonyl (C=O) groups is 1. The molecule has 0 saturated heterocycles. The number of hydrogen-bond acceptors (Lipinski definition) is 5. The van der Waals surface area contributed by atoms with Gasteiger partial charge in [-0.25, -0.2) is 22.5 Å². The lowest BCUT2D eigenvalue weighted by atomic mass is 10.2. The third kappa shape index (κ3) is 4.33. The molecule has 152 valence electrons. The van der Waals surface area contributed by atoms with Crippen molar-refractivity contribution in [1.82, 2.24) is 19.1 Å². The second-order valence-corrected chi connectivity index (χ2v) is 8.60. The first-order chi connectivity index (χ1) is 13.7. The Balaban J connectivity index is 1.82. The molecular formula is C19H20FN5O3S. The van der Waals surface area contributed by atoms with Crippen LogP contribution in [-0.4, -0.2) is 46.5 Å². The first-order valence-corrected chi connectivity index (χ1v) is 10.2. The molecule has 1 N–H and O–H groups in total. The number of carbonyl (C=O) groups excluding carboxylic acids is 1. The Morgan fingerprint density at radius 1 is 1.21 bits per heavy atom. The second kappa shape index (κ2) is 8.10. The summed E-state index contributed by atoms with van der Waals surface area (Å²) in [5.41, 5.74) is 0.554. The first kappa shape index (κ1) is 20.6. The molecule has 1 amide bonds. The Bertz CT molecular complexity index is 1130. The van der Waals surface area contributed by atoms with Gasteiger partial charge in [0.15, 0.2) is 5.82 Å². The van der Waals surface area contributed by atoms with E-state index in [0.29, 0.717) is 0 Å². The maximum atomic E-state index is 14.3. The van der Waals surface area contributed by atoms with Crippen molar-refractivity contribution in [2.75, 3.05) is 12.4 Å². The van der Waals surface area contributed by atoms with Crippen LogP contribution in [0.15, 0.2) is 60.0 Å². The van der Waals surface area contributed by atoms with E-state index >= 15 is 0 Å². The molecule has 0 saturated carbocycles. The van der Waals surface area contributed by atoms with Crippen molar-refractivity contribution in [2.45, 2.75) is 24.8 Å². The van der Waals surface area contributed by atoms with Crippen LogP contribution >= 0.6 is 0 Å². The highest BCUT2D eigenvalue weighted by Crippen LogP contribution is 2.20. The van der Waals surface area contributed by atoms with E-state index in [1.54, 1.807) is 13.8 Å². The van der Waals surface area contributed by atoms with Crippen LogP contribution in [-0.2, 0) is 10.0 Å². The van der Waals surface area contributed by atoms with E-state index < -0.39 is 21.7 Å². The predicted octanol–water partition coefficient (Wildman–Crippen LogP) is 2.69. The van der Waals surface area contributed by atoms with E-state index in [1.807, 2.05) is 0 Å². The van der Waals surface area contributed by atoms with Crippen molar-refractivity contribution in [1.29, 1.82) is 0 Å². The molecule has 2 aromatic carbocycles. The van der Waals surface area contributed by atoms with E-state index in [1.165, 1.54) is 65.1 Å². The second-order valence-electron chi connectivity index (χ2n) is 6.60. The largest absolute Gasteiger partial charge is 0.322 e. The molecule has 1 heterocycles. The van der Waals surface area contributed by atoms with Gasteiger partial charge in [0.1, 0.15) is 18.3 Å². The Hall–Kier alpha value is -3.11. The highest BCUT2D eigenvalue weighted by Gasteiger charge is 2.24. The van der Waals surface area contributed by atoms with E-state index in [0.717, 1.165) is 6.07 Å². The highest BCUT2D eigenvalue weighted by atomic mass is 32.2. The summed E-state index contributed by atoms with van der Waals surface area (Å²) in [6.07, 6.45) is 2.64. The Morgan fingerprint density at radius 2 is 1.97 bits per heavy atom. The molecule has 0 spiro atoms. The number of rotatable bonds is 6. The van der Waals surface area contributed by atoms with Gasteiger partial charge >= 0.3 is 0 Å². The van der Waals surface area contributed by atoms with Gasteiger partial charge in [-0.2, -0.15) is 9.40 Å². The number of amides is 1. The van der Waals surface area contributed by atoms with E-state index in [-0.39, 0.29) is 27.9 Å². The van der Waals surface area contributed by atoms with Gasteiger partial charge in [0, 0.05) is 24.3 Å². The SMILES string of the molecule is CC(C)N(C)S(=O)(=O)c1cccc(C(=O)Nc2ccc(-n3cncn3)c(F)c2)c1. The molecule has 0 atom stereocenters. The number of nitrogens with zero attached hydrogens (tertiary/aromatic N) is 4. The van der Waals surface area contributed by atoms with Gasteiger partial charge in [0.2, 0.25) is 10.0 Å². The third-order valence-electron chi connectivity index (χ3n) is 4.37. The van der Waals surface area contributed by atoms with Gasteiger partial charge in [-0.1, -0.05) is 6.07 Å². The molecule has 0 aliphatic rings. The average molecular weight is 417 g/mol. The van der Waals surface area contributed by atoms with Crippen LogP contribution in [0.3, 0.4) is 0 Å². The Kier molecular flexibility index (Phi) is 5.76. The molecule has 0 unspecified atom stereocenters. The summed E-state index contributed by atoms with van der Waals surface area (Å²) < 4.78 is 42.1. The van der Waals surface area contributed by atoms with Crippen LogP contribution in [0.5, 0.6) is 0 Å². The molecule has 10 heteroatoms. The molecule has 0 bridgehead atoms. The van der Waals surface area contributed by atoms with Crippen molar-refractivity contribution >= 4 is 21.6 Å². The molecule has 0 aliphatic heterocycles. The van der Waals surface area contributed by atoms with E-state index in [9.17, 15) is 17.6 Å². The highest BCUT2D eigenvalue weighted by molar-refractivity contribution is 7.89. The lowest BCUT2D eigenvalue weighted by Gasteiger charge is -2.21. The standard InChI is InChI=1S/C19H20FN5O3S/c1-13(2)24(3)29(27,28)16-6-4-5-14(9-16)19(26)23-15-7-8-18(17(20)10-15)25-12-21-11-22-25/h4-13H,1-3H3,(H,23,26). The summed E-state index contributed by atoms with van der Waals surface area (Å²) in [5, 5.41) is 6.43. The Labute approximate surface area is 168 Å². The minimum absolute atomic E-state index is 0.00839. The van der Waals surface area contributed by atoms with Crippen molar-refractivity contribution in [3.63, 3.8) is 0 Å². The fourth-order valence-corrected chi connectivity index (χ4v) is 3.96. The number of benzene rings is 2. The predicted molar refractivity (Wildman–Crippen MR) is 106 cm³/mol. The molecule has 3 rings (SSSR count). The summed E-state index contributed by atoms with van der Waals surface area (Å²) in [5.74, 6) is -1.15. The maximum absolute atomic E-state index is 14.3. The number of hydrogen-bond donors (Lipinski definition) is 1. The zero-order valence-electron chi connectivity index (χ0n) is 16.1. The molecule has 3 aromatic rings. The first-order valence-electron chi connectivity index (χ1n) is 8.74. The van der Waals surface area contributed by atoms with Crippen molar-refractivity contribution in [2.24, 2.45) is 0 Å². The molecular weight excluding hydrogens is 397 g/mol. The number of aromatic nitrogens is 3. The average Bonchev–Trinajstić information content (AvgIpc) is 3.22. The van der Waals surface area contributed by atoms with E-state index in [2.05, 4.69) is 15.4 Å². The summed E-state index contributed by atoms with van der Waals surface area (Å²) in [4.78, 5) is 16.3. The lowest BCUT2D eigenvalue weighted by Crippen LogP contribution is -2.33. The number of halogens is 1. The van der Waals surface area contributed by atoms with Gasteiger partial charge in [0.25, 0.3) is 5.91 Å². The van der Waals surface area contributed by atoms with Gasteiger partial charge in [0.05, 0.1) is 4.90 Å². The quantitative estimate of drug-likeness (QED) is 0.665. The van der Waals surface area contributed by atoms with E-state index in [4.69, 9.17) is 0 Å². The van der Waals surface area contributed by atoms with Crippen LogP contribution in [0.25, 0.3) is 5.69 Å². The number of sulfonamides is 1. The molecule has 0 fully saturated rings. The zero-order valence-corrected chi connectivity index (χ0v) is 16.9. The van der Waals surface area contributed by atoms with Crippen LogP contribution in [0.4, 0.5) is 10.1 Å². The van der Waals surface area contributed by atoms with Gasteiger partial charge < -0.3 is 5.32 Å². The lowest BCUT2D eigenvalue weighted by molar-refractivity contribution is 0.102. The number of nitrogens with one attached hydrogen (secondary N) is 1. The summed E-state index contributed by atoms with van der Waals surface area (Å²) in [6.45, 7) is 3.51. The van der Waals surface area contributed by atoms with Crippen molar-refractivity contribution in [3.8, 4) is 5.69 Å². The monoisotopic (exact) mass is 417 g/mol. The van der Waals surface area contributed by atoms with Crippen LogP contribution < -0.4 is 5.32 Å². The van der Waals surface area contributed by atoms with Crippen LogP contribution in [0.1, 0.15) is 24.2 Å². The summed E-state index contributed by atoms with van der Waals surface area (Å²) in [6, 6.07) is 9.60. The van der Waals surface area contributed by atoms with Gasteiger partial charge in [-0.15, -0.1) is 0 Å². The third-order valence-corrected chi connectivity index (χ3v) is 6.40. The molecule has 8 nitrogen and oxygen atoms in total. The fraction of sp³-hybridized carbons (Fsp3) is 0.211. The minimum Gasteiger partial charge on any atom is -0.322 e. The number of anilines is 1.